The van der Waals surface area contributed by atoms with E-state index in [9.17, 15) is 9.59 Å². The fourth-order valence-electron chi connectivity index (χ4n) is 2.99. The number of hydrogen-bond donors (Lipinski definition) is 0. The zero-order valence-electron chi connectivity index (χ0n) is 13.1. The van der Waals surface area contributed by atoms with Crippen LogP contribution in [0.3, 0.4) is 0 Å². The summed E-state index contributed by atoms with van der Waals surface area (Å²) < 4.78 is 5.01. The Morgan fingerprint density at radius 2 is 1.75 bits per heavy atom. The molecule has 3 aromatic rings. The highest BCUT2D eigenvalue weighted by Crippen LogP contribution is 2.34. The molecule has 2 aromatic heterocycles. The SMILES string of the molecule is COc1ccc(N2C(=O)c3c(C)nc4ccccc4c3C2=O)cn1. The molecule has 1 aromatic carbocycles. The topological polar surface area (TPSA) is 72.4 Å². The fourth-order valence-corrected chi connectivity index (χ4v) is 2.99. The molecule has 6 nitrogen and oxygen atoms in total. The van der Waals surface area contributed by atoms with E-state index in [4.69, 9.17) is 4.74 Å². The maximum atomic E-state index is 12.9. The lowest BCUT2D eigenvalue weighted by molar-refractivity contribution is 0.0926. The third-order valence-corrected chi connectivity index (χ3v) is 4.10. The summed E-state index contributed by atoms with van der Waals surface area (Å²) >= 11 is 0. The molecule has 0 atom stereocenters. The van der Waals surface area contributed by atoms with Crippen molar-refractivity contribution in [3.05, 3.63) is 59.4 Å². The van der Waals surface area contributed by atoms with E-state index < -0.39 is 0 Å². The van der Waals surface area contributed by atoms with E-state index >= 15 is 0 Å². The Morgan fingerprint density at radius 3 is 2.46 bits per heavy atom. The van der Waals surface area contributed by atoms with Crippen LogP contribution >= 0.6 is 0 Å². The highest BCUT2D eigenvalue weighted by molar-refractivity contribution is 6.37. The minimum Gasteiger partial charge on any atom is -0.481 e. The largest absolute Gasteiger partial charge is 0.481 e. The van der Waals surface area contributed by atoms with E-state index in [1.807, 2.05) is 24.3 Å². The smallest absolute Gasteiger partial charge is 0.268 e. The number of fused-ring (bicyclic) bond motifs is 3. The molecule has 24 heavy (non-hydrogen) atoms. The number of ether oxygens (including phenoxy) is 1. The van der Waals surface area contributed by atoms with E-state index in [0.29, 0.717) is 39.3 Å². The Bertz CT molecular complexity index is 996. The Balaban J connectivity index is 1.91. The molecule has 0 fully saturated rings. The standard InChI is InChI=1S/C18H13N3O3/c1-10-15-16(12-5-3-4-6-13(12)20-10)18(23)21(17(15)22)11-7-8-14(24-2)19-9-11/h3-9H,1-2H3. The van der Waals surface area contributed by atoms with Crippen molar-refractivity contribution in [3.8, 4) is 5.88 Å². The van der Waals surface area contributed by atoms with Gasteiger partial charge >= 0.3 is 0 Å². The van der Waals surface area contributed by atoms with Crippen LogP contribution in [0.5, 0.6) is 5.88 Å². The number of benzene rings is 1. The van der Waals surface area contributed by atoms with Gasteiger partial charge in [0.25, 0.3) is 11.8 Å². The lowest BCUT2D eigenvalue weighted by atomic mass is 10.0. The monoisotopic (exact) mass is 319 g/mol. The maximum absolute atomic E-state index is 12.9. The Kier molecular flexibility index (Phi) is 3.06. The molecule has 3 heterocycles. The highest BCUT2D eigenvalue weighted by Gasteiger charge is 2.40. The van der Waals surface area contributed by atoms with Crippen LogP contribution in [0.25, 0.3) is 10.9 Å². The summed E-state index contributed by atoms with van der Waals surface area (Å²) in [7, 11) is 1.51. The van der Waals surface area contributed by atoms with Crippen molar-refractivity contribution in [1.29, 1.82) is 0 Å². The number of aryl methyl sites for hydroxylation is 1. The summed E-state index contributed by atoms with van der Waals surface area (Å²) in [6.07, 6.45) is 1.45. The molecule has 0 N–H and O–H groups in total. The number of pyridine rings is 2. The first kappa shape index (κ1) is 14.3. The molecule has 4 rings (SSSR count). The highest BCUT2D eigenvalue weighted by atomic mass is 16.5. The summed E-state index contributed by atoms with van der Waals surface area (Å²) in [6.45, 7) is 1.74. The van der Waals surface area contributed by atoms with Gasteiger partial charge in [-0.15, -0.1) is 0 Å². The summed E-state index contributed by atoms with van der Waals surface area (Å²) in [5.74, 6) is -0.319. The van der Waals surface area contributed by atoms with Crippen molar-refractivity contribution >= 4 is 28.4 Å². The van der Waals surface area contributed by atoms with Crippen molar-refractivity contribution in [2.75, 3.05) is 12.0 Å². The van der Waals surface area contributed by atoms with Gasteiger partial charge in [0.2, 0.25) is 5.88 Å². The van der Waals surface area contributed by atoms with Crippen molar-refractivity contribution in [1.82, 2.24) is 9.97 Å². The number of aromatic nitrogens is 2. The van der Waals surface area contributed by atoms with Gasteiger partial charge in [-0.1, -0.05) is 18.2 Å². The number of imide groups is 1. The van der Waals surface area contributed by atoms with Gasteiger partial charge in [-0.2, -0.15) is 0 Å². The van der Waals surface area contributed by atoms with Gasteiger partial charge in [-0.3, -0.25) is 14.6 Å². The minimum atomic E-state index is -0.377. The van der Waals surface area contributed by atoms with Gasteiger partial charge in [0, 0.05) is 11.5 Å². The number of amides is 2. The van der Waals surface area contributed by atoms with Crippen LogP contribution in [0.4, 0.5) is 5.69 Å². The predicted octanol–water partition coefficient (Wildman–Crippen LogP) is 2.75. The molecule has 118 valence electrons. The number of hydrogen-bond acceptors (Lipinski definition) is 5. The zero-order chi connectivity index (χ0) is 16.8. The van der Waals surface area contributed by atoms with Crippen LogP contribution in [-0.2, 0) is 0 Å². The summed E-state index contributed by atoms with van der Waals surface area (Å²) in [5.41, 5.74) is 2.41. The first-order valence-electron chi connectivity index (χ1n) is 7.40. The Hall–Kier alpha value is -3.28. The van der Waals surface area contributed by atoms with Crippen LogP contribution in [0.1, 0.15) is 26.4 Å². The maximum Gasteiger partial charge on any atom is 0.268 e. The second-order valence-corrected chi connectivity index (χ2v) is 5.47. The number of para-hydroxylation sites is 1. The van der Waals surface area contributed by atoms with Gasteiger partial charge in [0.15, 0.2) is 0 Å². The quantitative estimate of drug-likeness (QED) is 0.679. The summed E-state index contributed by atoms with van der Waals surface area (Å²) in [6, 6.07) is 10.6. The second kappa shape index (κ2) is 5.13. The van der Waals surface area contributed by atoms with E-state index in [0.717, 1.165) is 4.90 Å². The predicted molar refractivity (Wildman–Crippen MR) is 88.4 cm³/mol. The van der Waals surface area contributed by atoms with Crippen LogP contribution < -0.4 is 9.64 Å². The molecular formula is C18H13N3O3. The van der Waals surface area contributed by atoms with Gasteiger partial charge < -0.3 is 4.74 Å². The van der Waals surface area contributed by atoms with Crippen molar-refractivity contribution in [2.24, 2.45) is 0 Å². The van der Waals surface area contributed by atoms with Gasteiger partial charge in [0.1, 0.15) is 0 Å². The average molecular weight is 319 g/mol. The van der Waals surface area contributed by atoms with E-state index in [1.165, 1.54) is 13.3 Å². The molecule has 2 amide bonds. The summed E-state index contributed by atoms with van der Waals surface area (Å²) in [5, 5.41) is 0.681. The molecule has 0 spiro atoms. The summed E-state index contributed by atoms with van der Waals surface area (Å²) in [4.78, 5) is 35.4. The molecule has 0 bridgehead atoms. The van der Waals surface area contributed by atoms with Crippen molar-refractivity contribution < 1.29 is 14.3 Å². The molecule has 1 aliphatic heterocycles. The first-order chi connectivity index (χ1) is 11.6. The van der Waals surface area contributed by atoms with Crippen LogP contribution in [0, 0.1) is 6.92 Å². The van der Waals surface area contributed by atoms with Gasteiger partial charge in [-0.05, 0) is 19.1 Å². The molecule has 0 saturated heterocycles. The normalized spacial score (nSPS) is 13.5. The third-order valence-electron chi connectivity index (χ3n) is 4.10. The molecule has 1 aliphatic rings. The Labute approximate surface area is 137 Å². The number of carbonyl (C=O) groups excluding carboxylic acids is 2. The number of nitrogens with zero attached hydrogens (tertiary/aromatic N) is 3. The van der Waals surface area contributed by atoms with Crippen LogP contribution in [0.15, 0.2) is 42.6 Å². The van der Waals surface area contributed by atoms with Crippen molar-refractivity contribution in [3.63, 3.8) is 0 Å². The fraction of sp³-hybridized carbons (Fsp3) is 0.111. The minimum absolute atomic E-state index is 0.356. The number of carbonyl (C=O) groups is 2. The second-order valence-electron chi connectivity index (χ2n) is 5.47. The molecule has 0 unspecified atom stereocenters. The molecule has 0 radical (unpaired) electrons. The molecule has 0 aliphatic carbocycles. The number of rotatable bonds is 2. The van der Waals surface area contributed by atoms with E-state index in [1.54, 1.807) is 19.1 Å². The van der Waals surface area contributed by atoms with E-state index in [2.05, 4.69) is 9.97 Å². The molecule has 0 saturated carbocycles. The van der Waals surface area contributed by atoms with Crippen LogP contribution in [-0.4, -0.2) is 28.9 Å². The molecular weight excluding hydrogens is 306 g/mol. The average Bonchev–Trinajstić information content (AvgIpc) is 2.87. The first-order valence-corrected chi connectivity index (χ1v) is 7.40. The van der Waals surface area contributed by atoms with Gasteiger partial charge in [-0.25, -0.2) is 9.88 Å². The lowest BCUT2D eigenvalue weighted by Gasteiger charge is -2.13. The number of methoxy groups -OCH3 is 1. The third kappa shape index (κ3) is 1.89. The molecule has 6 heteroatoms. The van der Waals surface area contributed by atoms with Crippen molar-refractivity contribution in [2.45, 2.75) is 6.92 Å². The van der Waals surface area contributed by atoms with Crippen LogP contribution in [0.2, 0.25) is 0 Å². The van der Waals surface area contributed by atoms with Gasteiger partial charge in [0.05, 0.1) is 41.3 Å². The van der Waals surface area contributed by atoms with E-state index in [-0.39, 0.29) is 11.8 Å². The lowest BCUT2D eigenvalue weighted by Crippen LogP contribution is -2.29. The number of anilines is 1. The zero-order valence-corrected chi connectivity index (χ0v) is 13.1. The Morgan fingerprint density at radius 1 is 1.00 bits per heavy atom.